The number of allylic oxidation sites excluding steroid dienone is 24. The van der Waals surface area contributed by atoms with E-state index in [1.807, 2.05) is 54.7 Å². The highest BCUT2D eigenvalue weighted by molar-refractivity contribution is 5.71. The lowest BCUT2D eigenvalue weighted by atomic mass is 10.1. The molecule has 0 rings (SSSR count). The molecule has 0 saturated carbocycles. The van der Waals surface area contributed by atoms with Gasteiger partial charge in [0.15, 0.2) is 6.10 Å². The second kappa shape index (κ2) is 52.9. The molecule has 0 N–H and O–H groups in total. The van der Waals surface area contributed by atoms with Crippen LogP contribution in [-0.4, -0.2) is 37.2 Å². The molecule has 1 unspecified atom stereocenters. The number of hydrogen-bond donors (Lipinski definition) is 0. The summed E-state index contributed by atoms with van der Waals surface area (Å²) in [7, 11) is 0. The Morgan fingerprint density at radius 1 is 0.333 bits per heavy atom. The summed E-state index contributed by atoms with van der Waals surface area (Å²) in [5.74, 6) is -1.10. The summed E-state index contributed by atoms with van der Waals surface area (Å²) < 4.78 is 16.7. The van der Waals surface area contributed by atoms with Crippen molar-refractivity contribution in [1.82, 2.24) is 0 Å². The maximum Gasteiger partial charge on any atom is 0.306 e. The lowest BCUT2D eigenvalue weighted by Gasteiger charge is -2.18. The minimum atomic E-state index is -0.850. The van der Waals surface area contributed by atoms with E-state index in [4.69, 9.17) is 14.2 Å². The standard InChI is InChI=1S/C60H92O6/c1-4-7-10-13-16-19-22-25-27-29-31-32-35-38-41-44-47-50-53-59(62)65-56-57(55-64-58(61)52-49-46-43-40-37-34-24-21-18-15-12-9-6-3)66-60(63)54-51-48-45-42-39-36-33-30-28-26-23-20-17-14-11-8-5-2/h9,12,15,17-18,20-22,24-29,31-34,36-37,40,42-43,45,57H,4-8,10-11,13-14,16,19,23,30,35,38-39,41,44,46-56H2,1-3H3/b12-9-,18-15-,20-17-,24-21-,25-22-,28-26-,29-27-,32-31-,36-33-,37-34-,43-40-,45-42-. The van der Waals surface area contributed by atoms with Gasteiger partial charge in [0.25, 0.3) is 0 Å². The van der Waals surface area contributed by atoms with Gasteiger partial charge in [-0.15, -0.1) is 0 Å². The van der Waals surface area contributed by atoms with Gasteiger partial charge in [-0.3, -0.25) is 14.4 Å². The first-order valence-corrected chi connectivity index (χ1v) is 25.9. The minimum Gasteiger partial charge on any atom is -0.462 e. The van der Waals surface area contributed by atoms with Gasteiger partial charge < -0.3 is 14.2 Å². The fourth-order valence-corrected chi connectivity index (χ4v) is 6.35. The molecule has 0 amide bonds. The Balaban J connectivity index is 4.63. The summed E-state index contributed by atoms with van der Waals surface area (Å²) in [6, 6.07) is 0. The van der Waals surface area contributed by atoms with Gasteiger partial charge in [0.2, 0.25) is 0 Å². The van der Waals surface area contributed by atoms with Crippen molar-refractivity contribution in [2.45, 2.75) is 200 Å². The molecule has 0 aliphatic carbocycles. The van der Waals surface area contributed by atoms with E-state index < -0.39 is 12.1 Å². The number of rotatable bonds is 44. The van der Waals surface area contributed by atoms with Crippen LogP contribution in [0.15, 0.2) is 146 Å². The van der Waals surface area contributed by atoms with Gasteiger partial charge in [-0.1, -0.05) is 224 Å². The first-order valence-electron chi connectivity index (χ1n) is 25.9. The van der Waals surface area contributed by atoms with E-state index in [2.05, 4.69) is 112 Å². The van der Waals surface area contributed by atoms with Crippen LogP contribution in [0.2, 0.25) is 0 Å². The van der Waals surface area contributed by atoms with E-state index in [-0.39, 0.29) is 38.0 Å². The minimum absolute atomic E-state index is 0.139. The average Bonchev–Trinajstić information content (AvgIpc) is 3.31. The molecular weight excluding hydrogens is 817 g/mol. The van der Waals surface area contributed by atoms with Gasteiger partial charge in [-0.2, -0.15) is 0 Å². The Kier molecular flexibility index (Phi) is 49.1. The summed E-state index contributed by atoms with van der Waals surface area (Å²) in [5, 5.41) is 0. The third-order valence-corrected chi connectivity index (χ3v) is 10.2. The number of esters is 3. The average molecular weight is 909 g/mol. The van der Waals surface area contributed by atoms with Gasteiger partial charge in [-0.25, -0.2) is 0 Å². The fraction of sp³-hybridized carbons (Fsp3) is 0.550. The lowest BCUT2D eigenvalue weighted by Crippen LogP contribution is -2.30. The van der Waals surface area contributed by atoms with Gasteiger partial charge in [0, 0.05) is 19.3 Å². The molecule has 0 radical (unpaired) electrons. The number of hydrogen-bond acceptors (Lipinski definition) is 6. The summed E-state index contributed by atoms with van der Waals surface area (Å²) in [5.41, 5.74) is 0. The van der Waals surface area contributed by atoms with Crippen LogP contribution in [0.1, 0.15) is 194 Å². The molecule has 0 aromatic heterocycles. The molecule has 0 spiro atoms. The normalized spacial score (nSPS) is 13.3. The van der Waals surface area contributed by atoms with Gasteiger partial charge in [0.05, 0.1) is 0 Å². The smallest absolute Gasteiger partial charge is 0.306 e. The van der Waals surface area contributed by atoms with Crippen LogP contribution in [-0.2, 0) is 28.6 Å². The Morgan fingerprint density at radius 2 is 0.667 bits per heavy atom. The van der Waals surface area contributed by atoms with Crippen LogP contribution in [0.5, 0.6) is 0 Å². The summed E-state index contributed by atoms with van der Waals surface area (Å²) in [4.78, 5) is 37.9. The predicted molar refractivity (Wildman–Crippen MR) is 283 cm³/mol. The van der Waals surface area contributed by atoms with Crippen molar-refractivity contribution in [1.29, 1.82) is 0 Å². The van der Waals surface area contributed by atoms with E-state index in [1.165, 1.54) is 57.8 Å². The summed E-state index contributed by atoms with van der Waals surface area (Å²) in [6.45, 7) is 6.29. The van der Waals surface area contributed by atoms with Crippen LogP contribution in [0.25, 0.3) is 0 Å². The zero-order chi connectivity index (χ0) is 47.9. The monoisotopic (exact) mass is 909 g/mol. The highest BCUT2D eigenvalue weighted by Gasteiger charge is 2.19. The van der Waals surface area contributed by atoms with E-state index in [1.54, 1.807) is 0 Å². The number of carbonyl (C=O) groups is 3. The quantitative estimate of drug-likeness (QED) is 0.0199. The van der Waals surface area contributed by atoms with E-state index >= 15 is 0 Å². The van der Waals surface area contributed by atoms with Crippen LogP contribution in [0.3, 0.4) is 0 Å². The van der Waals surface area contributed by atoms with Crippen molar-refractivity contribution < 1.29 is 28.6 Å². The van der Waals surface area contributed by atoms with Gasteiger partial charge >= 0.3 is 17.9 Å². The molecule has 66 heavy (non-hydrogen) atoms. The second-order valence-corrected chi connectivity index (χ2v) is 16.5. The highest BCUT2D eigenvalue weighted by atomic mass is 16.6. The largest absolute Gasteiger partial charge is 0.462 e. The molecule has 0 fully saturated rings. The van der Waals surface area contributed by atoms with Crippen molar-refractivity contribution >= 4 is 17.9 Å². The fourth-order valence-electron chi connectivity index (χ4n) is 6.35. The van der Waals surface area contributed by atoms with Crippen LogP contribution in [0, 0.1) is 0 Å². The van der Waals surface area contributed by atoms with E-state index in [0.29, 0.717) is 19.3 Å². The van der Waals surface area contributed by atoms with Crippen LogP contribution < -0.4 is 0 Å². The van der Waals surface area contributed by atoms with Crippen molar-refractivity contribution in [2.24, 2.45) is 0 Å². The molecule has 0 aliphatic heterocycles. The maximum atomic E-state index is 12.8. The summed E-state index contributed by atoms with van der Waals surface area (Å²) >= 11 is 0. The van der Waals surface area contributed by atoms with Crippen molar-refractivity contribution in [2.75, 3.05) is 13.2 Å². The SMILES string of the molecule is CC\C=C/C=C\C=C/C=C\C=C/CCCC(=O)OCC(COC(=O)CCCCCCC\C=C/C=C\C=C/CCCCCCC)OC(=O)CCC/C=C\C/C=C\C/C=C\C/C=C\CCCCC. The molecule has 1 atom stereocenters. The van der Waals surface area contributed by atoms with E-state index in [0.717, 1.165) is 83.5 Å². The molecule has 6 nitrogen and oxygen atoms in total. The molecule has 0 aromatic rings. The number of unbranched alkanes of at least 4 members (excludes halogenated alkanes) is 15. The van der Waals surface area contributed by atoms with Crippen molar-refractivity contribution in [3.63, 3.8) is 0 Å². The summed E-state index contributed by atoms with van der Waals surface area (Å²) in [6.07, 6.45) is 75.5. The lowest BCUT2D eigenvalue weighted by molar-refractivity contribution is -0.167. The Morgan fingerprint density at radius 3 is 1.17 bits per heavy atom. The Labute approximate surface area is 404 Å². The third kappa shape index (κ3) is 50.3. The zero-order valence-electron chi connectivity index (χ0n) is 41.9. The zero-order valence-corrected chi connectivity index (χ0v) is 41.9. The first-order chi connectivity index (χ1) is 32.5. The number of carbonyl (C=O) groups excluding carboxylic acids is 3. The predicted octanol–water partition coefficient (Wildman–Crippen LogP) is 17.3. The van der Waals surface area contributed by atoms with Crippen molar-refractivity contribution in [3.05, 3.63) is 146 Å². The second-order valence-electron chi connectivity index (χ2n) is 16.5. The number of ether oxygens (including phenoxy) is 3. The molecule has 0 aliphatic rings. The maximum absolute atomic E-state index is 12.8. The molecule has 0 saturated heterocycles. The molecule has 6 heteroatoms. The molecule has 0 heterocycles. The molecule has 0 bridgehead atoms. The topological polar surface area (TPSA) is 78.9 Å². The van der Waals surface area contributed by atoms with Crippen LogP contribution >= 0.6 is 0 Å². The van der Waals surface area contributed by atoms with E-state index in [9.17, 15) is 14.4 Å². The Hall–Kier alpha value is -4.71. The van der Waals surface area contributed by atoms with Gasteiger partial charge in [0.1, 0.15) is 13.2 Å². The molecule has 368 valence electrons. The third-order valence-electron chi connectivity index (χ3n) is 10.2. The first kappa shape index (κ1) is 61.3. The van der Waals surface area contributed by atoms with Crippen LogP contribution in [0.4, 0.5) is 0 Å². The molecule has 0 aromatic carbocycles. The molecular formula is C60H92O6. The van der Waals surface area contributed by atoms with Gasteiger partial charge in [-0.05, 0) is 96.3 Å². The Bertz CT molecular complexity index is 1510. The highest BCUT2D eigenvalue weighted by Crippen LogP contribution is 2.11. The van der Waals surface area contributed by atoms with Crippen molar-refractivity contribution in [3.8, 4) is 0 Å².